The molecule has 0 rings (SSSR count). The van der Waals surface area contributed by atoms with Gasteiger partial charge in [-0.3, -0.25) is 18.6 Å². The number of phosphoric acid groups is 1. The summed E-state index contributed by atoms with van der Waals surface area (Å²) >= 11 is 0. The molecule has 0 saturated carbocycles. The van der Waals surface area contributed by atoms with Crippen molar-refractivity contribution in [2.75, 3.05) is 47.5 Å². The number of nitrogens with zero attached hydrogens (tertiary/aromatic N) is 1. The van der Waals surface area contributed by atoms with Crippen LogP contribution in [0.25, 0.3) is 0 Å². The Labute approximate surface area is 432 Å². The van der Waals surface area contributed by atoms with Crippen molar-refractivity contribution in [3.05, 3.63) is 60.8 Å². The Balaban J connectivity index is 4.17. The molecular weight excluding hydrogens is 894 g/mol. The van der Waals surface area contributed by atoms with Gasteiger partial charge in [-0.15, -0.1) is 0 Å². The Bertz CT molecular complexity index is 1370. The lowest BCUT2D eigenvalue weighted by Gasteiger charge is -2.24. The first-order valence-electron chi connectivity index (χ1n) is 29.0. The van der Waals surface area contributed by atoms with Crippen molar-refractivity contribution in [3.63, 3.8) is 0 Å². The smallest absolute Gasteiger partial charge is 0.462 e. The van der Waals surface area contributed by atoms with Crippen molar-refractivity contribution in [2.45, 2.75) is 264 Å². The van der Waals surface area contributed by atoms with Crippen LogP contribution in [0.4, 0.5) is 0 Å². The van der Waals surface area contributed by atoms with E-state index in [0.29, 0.717) is 17.4 Å². The van der Waals surface area contributed by atoms with Gasteiger partial charge in [0, 0.05) is 12.8 Å². The molecule has 0 amide bonds. The molecular formula is C60H111NO8P+. The Morgan fingerprint density at radius 1 is 0.457 bits per heavy atom. The standard InChI is InChI=1S/C60H110NO8P/c1-6-8-10-12-14-16-18-20-22-24-26-28-29-30-31-33-35-37-39-41-43-45-47-49-51-53-60(63)69-58(57-68-70(64,65)67-55-54-61(3,4)5)56-66-59(62)52-50-48-46-44-42-40-38-36-34-32-27-25-23-21-19-17-15-13-11-9-7-2/h8,10,14,16,20,22,25-28,58H,6-7,9,11-13,15,17-19,21,23-24,29-57H2,1-5H3/p+1/b10-8-,16-14-,22-20-,27-25-,28-26-. The highest BCUT2D eigenvalue weighted by Crippen LogP contribution is 2.43. The van der Waals surface area contributed by atoms with E-state index in [0.717, 1.165) is 64.2 Å². The summed E-state index contributed by atoms with van der Waals surface area (Å²) in [4.78, 5) is 35.7. The third kappa shape index (κ3) is 55.0. The minimum atomic E-state index is -4.39. The van der Waals surface area contributed by atoms with E-state index in [4.69, 9.17) is 18.5 Å². The predicted molar refractivity (Wildman–Crippen MR) is 298 cm³/mol. The summed E-state index contributed by atoms with van der Waals surface area (Å²) in [5, 5.41) is 0. The van der Waals surface area contributed by atoms with Crippen molar-refractivity contribution >= 4 is 19.8 Å². The number of ether oxygens (including phenoxy) is 2. The maximum Gasteiger partial charge on any atom is 0.472 e. The van der Waals surface area contributed by atoms with Crippen molar-refractivity contribution in [3.8, 4) is 0 Å². The normalized spacial score (nSPS) is 13.7. The SMILES string of the molecule is CC/C=C\C/C=C\C/C=C\C/C=C\CCCCCCCCCCCCCCC(=O)OC(COC(=O)CCCCCCCCCCC/C=C\CCCCCCCCCC)COP(=O)(O)OCC[N+](C)(C)C. The first-order chi connectivity index (χ1) is 34.0. The Morgan fingerprint density at radius 2 is 0.814 bits per heavy atom. The van der Waals surface area contributed by atoms with Gasteiger partial charge in [-0.2, -0.15) is 0 Å². The van der Waals surface area contributed by atoms with Crippen LogP contribution in [0.3, 0.4) is 0 Å². The van der Waals surface area contributed by atoms with Crippen molar-refractivity contribution in [1.29, 1.82) is 0 Å². The molecule has 9 nitrogen and oxygen atoms in total. The Morgan fingerprint density at radius 3 is 1.23 bits per heavy atom. The van der Waals surface area contributed by atoms with Gasteiger partial charge in [0.2, 0.25) is 0 Å². The molecule has 0 fully saturated rings. The average Bonchev–Trinajstić information content (AvgIpc) is 3.32. The van der Waals surface area contributed by atoms with Gasteiger partial charge >= 0.3 is 19.8 Å². The average molecular weight is 1010 g/mol. The van der Waals surface area contributed by atoms with Gasteiger partial charge in [0.05, 0.1) is 27.7 Å². The van der Waals surface area contributed by atoms with Crippen LogP contribution in [0.15, 0.2) is 60.8 Å². The number of carbonyl (C=O) groups is 2. The topological polar surface area (TPSA) is 108 Å². The van der Waals surface area contributed by atoms with Gasteiger partial charge in [0.25, 0.3) is 0 Å². The molecule has 0 aliphatic carbocycles. The van der Waals surface area contributed by atoms with E-state index in [-0.39, 0.29) is 32.0 Å². The molecule has 0 aromatic carbocycles. The third-order valence-electron chi connectivity index (χ3n) is 12.5. The zero-order valence-electron chi connectivity index (χ0n) is 46.2. The molecule has 0 aliphatic rings. The second-order valence-electron chi connectivity index (χ2n) is 20.6. The first kappa shape index (κ1) is 67.7. The highest BCUT2D eigenvalue weighted by molar-refractivity contribution is 7.47. The van der Waals surface area contributed by atoms with Crippen molar-refractivity contribution in [2.24, 2.45) is 0 Å². The van der Waals surface area contributed by atoms with E-state index in [1.165, 1.54) is 161 Å². The number of carbonyl (C=O) groups excluding carboxylic acids is 2. The number of esters is 2. The molecule has 0 bridgehead atoms. The number of allylic oxidation sites excluding steroid dienone is 10. The number of unbranched alkanes of at least 4 members (excludes halogenated alkanes) is 29. The van der Waals surface area contributed by atoms with Crippen molar-refractivity contribution in [1.82, 2.24) is 0 Å². The lowest BCUT2D eigenvalue weighted by atomic mass is 10.0. The fraction of sp³-hybridized carbons (Fsp3) is 0.800. The quantitative estimate of drug-likeness (QED) is 0.0211. The summed E-state index contributed by atoms with van der Waals surface area (Å²) < 4.78 is 34.6. The molecule has 0 aliphatic heterocycles. The summed E-state index contributed by atoms with van der Waals surface area (Å²) in [5.74, 6) is -0.796. The zero-order valence-corrected chi connectivity index (χ0v) is 47.1. The van der Waals surface area contributed by atoms with E-state index < -0.39 is 26.5 Å². The highest BCUT2D eigenvalue weighted by Gasteiger charge is 2.27. The molecule has 2 atom stereocenters. The molecule has 0 saturated heterocycles. The van der Waals surface area contributed by atoms with E-state index in [2.05, 4.69) is 74.6 Å². The molecule has 2 unspecified atom stereocenters. The molecule has 408 valence electrons. The fourth-order valence-electron chi connectivity index (χ4n) is 8.06. The van der Waals surface area contributed by atoms with E-state index in [9.17, 15) is 19.0 Å². The monoisotopic (exact) mass is 1000 g/mol. The zero-order chi connectivity index (χ0) is 51.3. The summed E-state index contributed by atoms with van der Waals surface area (Å²) in [7, 11) is 1.48. The molecule has 0 aromatic heterocycles. The van der Waals surface area contributed by atoms with Gasteiger partial charge in [-0.1, -0.05) is 229 Å². The van der Waals surface area contributed by atoms with Crippen LogP contribution in [0, 0.1) is 0 Å². The van der Waals surface area contributed by atoms with Gasteiger partial charge in [0.15, 0.2) is 6.10 Å². The number of rotatable bonds is 53. The molecule has 0 radical (unpaired) electrons. The maximum atomic E-state index is 12.8. The number of likely N-dealkylation sites (N-methyl/N-ethyl adjacent to an activating group) is 1. The minimum absolute atomic E-state index is 0.0300. The molecule has 1 N–H and O–H groups in total. The highest BCUT2D eigenvalue weighted by atomic mass is 31.2. The minimum Gasteiger partial charge on any atom is -0.462 e. The van der Waals surface area contributed by atoms with Crippen LogP contribution in [-0.4, -0.2) is 74.9 Å². The van der Waals surface area contributed by atoms with Gasteiger partial charge in [-0.05, 0) is 77.0 Å². The van der Waals surface area contributed by atoms with E-state index in [1.54, 1.807) is 0 Å². The molecule has 0 spiro atoms. The van der Waals surface area contributed by atoms with Gasteiger partial charge < -0.3 is 18.9 Å². The summed E-state index contributed by atoms with van der Waals surface area (Å²) in [6.45, 7) is 4.34. The molecule has 0 aromatic rings. The van der Waals surface area contributed by atoms with Crippen LogP contribution in [0.1, 0.15) is 258 Å². The van der Waals surface area contributed by atoms with Crippen molar-refractivity contribution < 1.29 is 42.1 Å². The van der Waals surface area contributed by atoms with Crippen LogP contribution in [0.2, 0.25) is 0 Å². The van der Waals surface area contributed by atoms with Crippen LogP contribution >= 0.6 is 7.82 Å². The molecule has 10 heteroatoms. The largest absolute Gasteiger partial charge is 0.472 e. The molecule has 70 heavy (non-hydrogen) atoms. The van der Waals surface area contributed by atoms with E-state index in [1.807, 2.05) is 21.1 Å². The number of hydrogen-bond acceptors (Lipinski definition) is 7. The van der Waals surface area contributed by atoms with Crippen LogP contribution in [0.5, 0.6) is 0 Å². The second kappa shape index (κ2) is 51.6. The lowest BCUT2D eigenvalue weighted by Crippen LogP contribution is -2.37. The third-order valence-corrected chi connectivity index (χ3v) is 13.5. The number of quaternary nitrogens is 1. The second-order valence-corrected chi connectivity index (χ2v) is 22.1. The van der Waals surface area contributed by atoms with Gasteiger partial charge in [-0.25, -0.2) is 4.57 Å². The van der Waals surface area contributed by atoms with Crippen LogP contribution < -0.4 is 0 Å². The summed E-state index contributed by atoms with van der Waals surface area (Å²) in [6.07, 6.45) is 65.7. The lowest BCUT2D eigenvalue weighted by molar-refractivity contribution is -0.870. The first-order valence-corrected chi connectivity index (χ1v) is 30.5. The fourth-order valence-corrected chi connectivity index (χ4v) is 8.80. The Hall–Kier alpha value is -2.29. The van der Waals surface area contributed by atoms with E-state index >= 15 is 0 Å². The number of hydrogen-bond donors (Lipinski definition) is 1. The summed E-state index contributed by atoms with van der Waals surface area (Å²) in [5.41, 5.74) is 0. The molecule has 0 heterocycles. The Kier molecular flexibility index (Phi) is 49.9. The summed E-state index contributed by atoms with van der Waals surface area (Å²) in [6, 6.07) is 0. The van der Waals surface area contributed by atoms with Crippen LogP contribution in [-0.2, 0) is 32.7 Å². The maximum absolute atomic E-state index is 12.8. The number of phosphoric ester groups is 1. The predicted octanol–water partition coefficient (Wildman–Crippen LogP) is 17.9. The van der Waals surface area contributed by atoms with Gasteiger partial charge in [0.1, 0.15) is 19.8 Å².